The van der Waals surface area contributed by atoms with Crippen molar-refractivity contribution in [1.29, 1.82) is 0 Å². The third-order valence-corrected chi connectivity index (χ3v) is 2.71. The molecule has 0 atom stereocenters. The van der Waals surface area contributed by atoms with E-state index in [4.69, 9.17) is 0 Å². The molecule has 2 N–H and O–H groups in total. The second kappa shape index (κ2) is 4.95. The Bertz CT molecular complexity index is 651. The van der Waals surface area contributed by atoms with Gasteiger partial charge in [0, 0.05) is 11.8 Å². The average Bonchev–Trinajstić information content (AvgIpc) is 2.72. The molecule has 0 saturated heterocycles. The van der Waals surface area contributed by atoms with Crippen molar-refractivity contribution in [1.82, 2.24) is 10.2 Å². The van der Waals surface area contributed by atoms with Crippen LogP contribution in [0.2, 0.25) is 0 Å². The summed E-state index contributed by atoms with van der Waals surface area (Å²) in [5.41, 5.74) is -0.476. The van der Waals surface area contributed by atoms with Crippen LogP contribution in [0.3, 0.4) is 0 Å². The number of amides is 1. The van der Waals surface area contributed by atoms with Crippen molar-refractivity contribution in [2.24, 2.45) is 0 Å². The highest BCUT2D eigenvalue weighted by atomic mass is 19.2. The van der Waals surface area contributed by atoms with Crippen LogP contribution in [-0.4, -0.2) is 16.1 Å². The number of hydrogen-bond donors (Lipinski definition) is 2. The molecule has 0 spiro atoms. The number of rotatable bonds is 2. The Hall–Kier alpha value is -2.38. The zero-order valence-corrected chi connectivity index (χ0v) is 10.4. The Morgan fingerprint density at radius 1 is 1.15 bits per heavy atom. The fourth-order valence-corrected chi connectivity index (χ4v) is 1.74. The third-order valence-electron chi connectivity index (χ3n) is 2.71. The van der Waals surface area contributed by atoms with Gasteiger partial charge in [-0.15, -0.1) is 0 Å². The van der Waals surface area contributed by atoms with E-state index in [0.29, 0.717) is 5.69 Å². The summed E-state index contributed by atoms with van der Waals surface area (Å²) in [5, 5.41) is 8.06. The molecule has 1 heterocycles. The summed E-state index contributed by atoms with van der Waals surface area (Å²) in [4.78, 5) is 11.9. The molecule has 0 saturated carbocycles. The highest BCUT2D eigenvalue weighted by Gasteiger charge is 2.23. The van der Waals surface area contributed by atoms with E-state index in [1.807, 2.05) is 5.32 Å². The van der Waals surface area contributed by atoms with Gasteiger partial charge in [0.1, 0.15) is 5.69 Å². The molecule has 1 aromatic heterocycles. The third kappa shape index (κ3) is 2.24. The number of carbonyl (C=O) groups is 1. The SMILES string of the molecule is Cc1n[nH]c(C)c1C(=O)Nc1c(F)c(F)cc(F)c1F. The number of aromatic nitrogens is 2. The van der Waals surface area contributed by atoms with Gasteiger partial charge in [-0.3, -0.25) is 9.89 Å². The van der Waals surface area contributed by atoms with Crippen LogP contribution in [0.15, 0.2) is 6.07 Å². The molecule has 1 aromatic carbocycles. The van der Waals surface area contributed by atoms with E-state index >= 15 is 0 Å². The van der Waals surface area contributed by atoms with Crippen LogP contribution in [-0.2, 0) is 0 Å². The molecular formula is C12H9F4N3O. The van der Waals surface area contributed by atoms with Crippen molar-refractivity contribution in [3.05, 3.63) is 46.3 Å². The van der Waals surface area contributed by atoms with Crippen LogP contribution in [0.1, 0.15) is 21.7 Å². The summed E-state index contributed by atoms with van der Waals surface area (Å²) in [6, 6.07) is 0.0642. The number of carbonyl (C=O) groups excluding carboxylic acids is 1. The molecule has 20 heavy (non-hydrogen) atoms. The van der Waals surface area contributed by atoms with Crippen molar-refractivity contribution < 1.29 is 22.4 Å². The summed E-state index contributed by atoms with van der Waals surface area (Å²) in [6.45, 7) is 3.02. The van der Waals surface area contributed by atoms with Crippen LogP contribution in [0, 0.1) is 37.1 Å². The molecule has 0 unspecified atom stereocenters. The largest absolute Gasteiger partial charge is 0.317 e. The molecule has 2 aromatic rings. The van der Waals surface area contributed by atoms with Gasteiger partial charge in [-0.25, -0.2) is 17.6 Å². The molecule has 8 heteroatoms. The number of benzene rings is 1. The molecule has 106 valence electrons. The van der Waals surface area contributed by atoms with Gasteiger partial charge >= 0.3 is 0 Å². The Kier molecular flexibility index (Phi) is 3.47. The van der Waals surface area contributed by atoms with Crippen molar-refractivity contribution in [2.75, 3.05) is 5.32 Å². The lowest BCUT2D eigenvalue weighted by Crippen LogP contribution is -2.17. The second-order valence-corrected chi connectivity index (χ2v) is 4.11. The van der Waals surface area contributed by atoms with Gasteiger partial charge in [-0.2, -0.15) is 5.10 Å². The van der Waals surface area contributed by atoms with E-state index in [-0.39, 0.29) is 17.3 Å². The Balaban J connectivity index is 2.43. The summed E-state index contributed by atoms with van der Waals surface area (Å²) in [5.74, 6) is -7.46. The Labute approximate surface area is 110 Å². The van der Waals surface area contributed by atoms with Gasteiger partial charge < -0.3 is 5.32 Å². The minimum absolute atomic E-state index is 0.0495. The number of aryl methyl sites for hydroxylation is 2. The quantitative estimate of drug-likeness (QED) is 0.659. The maximum absolute atomic E-state index is 13.4. The number of hydrogen-bond acceptors (Lipinski definition) is 2. The van der Waals surface area contributed by atoms with Crippen molar-refractivity contribution >= 4 is 11.6 Å². The van der Waals surface area contributed by atoms with E-state index in [1.54, 1.807) is 0 Å². The first-order valence-electron chi connectivity index (χ1n) is 5.48. The van der Waals surface area contributed by atoms with Gasteiger partial charge in [-0.05, 0) is 13.8 Å². The number of H-pyrrole nitrogens is 1. The lowest BCUT2D eigenvalue weighted by atomic mass is 10.1. The van der Waals surface area contributed by atoms with E-state index in [0.717, 1.165) is 0 Å². The molecular weight excluding hydrogens is 278 g/mol. The van der Waals surface area contributed by atoms with Gasteiger partial charge in [0.15, 0.2) is 23.3 Å². The summed E-state index contributed by atoms with van der Waals surface area (Å²) < 4.78 is 52.9. The predicted octanol–water partition coefficient (Wildman–Crippen LogP) is 2.84. The van der Waals surface area contributed by atoms with E-state index in [9.17, 15) is 22.4 Å². The number of nitrogens with one attached hydrogen (secondary N) is 2. The highest BCUT2D eigenvalue weighted by Crippen LogP contribution is 2.25. The van der Waals surface area contributed by atoms with Crippen LogP contribution < -0.4 is 5.32 Å². The summed E-state index contributed by atoms with van der Waals surface area (Å²) >= 11 is 0. The van der Waals surface area contributed by atoms with Crippen LogP contribution in [0.5, 0.6) is 0 Å². The standard InChI is InChI=1S/C12H9F4N3O/c1-4-8(5(2)19-18-4)12(20)17-11-9(15)6(13)3-7(14)10(11)16/h3H,1-2H3,(H,17,20)(H,18,19). The minimum Gasteiger partial charge on any atom is -0.317 e. The molecule has 0 aliphatic carbocycles. The first kappa shape index (κ1) is 14.0. The zero-order chi connectivity index (χ0) is 15.0. The minimum atomic E-state index is -1.67. The van der Waals surface area contributed by atoms with Crippen LogP contribution in [0.25, 0.3) is 0 Å². The fraction of sp³-hybridized carbons (Fsp3) is 0.167. The van der Waals surface area contributed by atoms with E-state index in [1.165, 1.54) is 13.8 Å². The Morgan fingerprint density at radius 2 is 1.70 bits per heavy atom. The monoisotopic (exact) mass is 287 g/mol. The second-order valence-electron chi connectivity index (χ2n) is 4.11. The van der Waals surface area contributed by atoms with Crippen molar-refractivity contribution in [2.45, 2.75) is 13.8 Å². The van der Waals surface area contributed by atoms with Crippen LogP contribution >= 0.6 is 0 Å². The summed E-state index contributed by atoms with van der Waals surface area (Å²) in [6.07, 6.45) is 0. The van der Waals surface area contributed by atoms with Gasteiger partial charge in [0.05, 0.1) is 11.3 Å². The van der Waals surface area contributed by atoms with Crippen molar-refractivity contribution in [3.8, 4) is 0 Å². The average molecular weight is 287 g/mol. The van der Waals surface area contributed by atoms with Crippen LogP contribution in [0.4, 0.5) is 23.2 Å². The van der Waals surface area contributed by atoms with Gasteiger partial charge in [0.2, 0.25) is 0 Å². The molecule has 0 bridgehead atoms. The lowest BCUT2D eigenvalue weighted by molar-refractivity contribution is 0.102. The molecule has 0 fully saturated rings. The van der Waals surface area contributed by atoms with E-state index < -0.39 is 34.9 Å². The zero-order valence-electron chi connectivity index (χ0n) is 10.4. The van der Waals surface area contributed by atoms with E-state index in [2.05, 4.69) is 10.2 Å². The summed E-state index contributed by atoms with van der Waals surface area (Å²) in [7, 11) is 0. The molecule has 0 radical (unpaired) electrons. The molecule has 2 rings (SSSR count). The van der Waals surface area contributed by atoms with Crippen molar-refractivity contribution in [3.63, 3.8) is 0 Å². The number of anilines is 1. The molecule has 0 aliphatic rings. The first-order chi connectivity index (χ1) is 9.32. The molecule has 1 amide bonds. The number of halogens is 4. The maximum Gasteiger partial charge on any atom is 0.259 e. The number of aromatic amines is 1. The molecule has 0 aliphatic heterocycles. The topological polar surface area (TPSA) is 57.8 Å². The highest BCUT2D eigenvalue weighted by molar-refractivity contribution is 6.05. The smallest absolute Gasteiger partial charge is 0.259 e. The fourth-order valence-electron chi connectivity index (χ4n) is 1.74. The van der Waals surface area contributed by atoms with Gasteiger partial charge in [-0.1, -0.05) is 0 Å². The first-order valence-corrected chi connectivity index (χ1v) is 5.48. The predicted molar refractivity (Wildman–Crippen MR) is 62.3 cm³/mol. The van der Waals surface area contributed by atoms with Gasteiger partial charge in [0.25, 0.3) is 5.91 Å². The normalized spacial score (nSPS) is 10.7. The number of nitrogens with zero attached hydrogens (tertiary/aromatic N) is 1. The molecule has 4 nitrogen and oxygen atoms in total. The lowest BCUT2D eigenvalue weighted by Gasteiger charge is -2.09. The maximum atomic E-state index is 13.4. The Morgan fingerprint density at radius 3 is 2.15 bits per heavy atom.